The second-order valence-electron chi connectivity index (χ2n) is 6.74. The number of nitrogens with zero attached hydrogens (tertiary/aromatic N) is 5. The SMILES string of the molecule is O=C(C1CCc2ncnn2C1)N1CCCN(c2ccc(F)cc2)CC1. The fourth-order valence-electron chi connectivity index (χ4n) is 3.75. The molecule has 1 unspecified atom stereocenters. The van der Waals surface area contributed by atoms with E-state index in [1.165, 1.54) is 12.1 Å². The maximum absolute atomic E-state index is 13.1. The molecule has 1 amide bonds. The molecule has 2 aromatic rings. The van der Waals surface area contributed by atoms with Crippen molar-refractivity contribution in [3.05, 3.63) is 42.2 Å². The van der Waals surface area contributed by atoms with Crippen LogP contribution in [-0.4, -0.2) is 51.8 Å². The molecule has 132 valence electrons. The normalized spacial score (nSPS) is 20.9. The molecule has 4 rings (SSSR count). The topological polar surface area (TPSA) is 54.3 Å². The third-order valence-corrected chi connectivity index (χ3v) is 5.15. The number of hydrogen-bond acceptors (Lipinski definition) is 4. The number of rotatable bonds is 2. The van der Waals surface area contributed by atoms with Crippen molar-refractivity contribution in [2.75, 3.05) is 31.1 Å². The van der Waals surface area contributed by atoms with Crippen LogP contribution >= 0.6 is 0 Å². The zero-order valence-corrected chi connectivity index (χ0v) is 14.1. The van der Waals surface area contributed by atoms with Gasteiger partial charge < -0.3 is 9.80 Å². The van der Waals surface area contributed by atoms with Crippen LogP contribution < -0.4 is 4.90 Å². The number of carbonyl (C=O) groups is 1. The first kappa shape index (κ1) is 16.1. The van der Waals surface area contributed by atoms with Crippen LogP contribution in [0.2, 0.25) is 0 Å². The van der Waals surface area contributed by atoms with Crippen molar-refractivity contribution in [2.24, 2.45) is 5.92 Å². The van der Waals surface area contributed by atoms with Crippen LogP contribution in [0.3, 0.4) is 0 Å². The predicted molar refractivity (Wildman–Crippen MR) is 91.6 cm³/mol. The predicted octanol–water partition coefficient (Wildman–Crippen LogP) is 1.72. The number of carbonyl (C=O) groups excluding carboxylic acids is 1. The minimum atomic E-state index is -0.222. The van der Waals surface area contributed by atoms with E-state index in [1.54, 1.807) is 18.5 Å². The number of halogens is 1. The molecule has 0 saturated carbocycles. The average Bonchev–Trinajstić information content (AvgIpc) is 2.97. The van der Waals surface area contributed by atoms with Gasteiger partial charge >= 0.3 is 0 Å². The summed E-state index contributed by atoms with van der Waals surface area (Å²) < 4.78 is 15.0. The molecule has 1 aromatic carbocycles. The summed E-state index contributed by atoms with van der Waals surface area (Å²) in [5, 5.41) is 4.21. The van der Waals surface area contributed by atoms with Crippen LogP contribution in [0, 0.1) is 11.7 Å². The maximum atomic E-state index is 13.1. The molecule has 0 bridgehead atoms. The Morgan fingerprint density at radius 3 is 2.80 bits per heavy atom. The molecule has 1 aromatic heterocycles. The first-order chi connectivity index (χ1) is 12.2. The third-order valence-electron chi connectivity index (χ3n) is 5.15. The number of aromatic nitrogens is 3. The Bertz CT molecular complexity index is 744. The van der Waals surface area contributed by atoms with Crippen LogP contribution in [0.5, 0.6) is 0 Å². The monoisotopic (exact) mass is 343 g/mol. The van der Waals surface area contributed by atoms with Crippen LogP contribution in [0.25, 0.3) is 0 Å². The molecule has 0 N–H and O–H groups in total. The first-order valence-corrected chi connectivity index (χ1v) is 8.87. The highest BCUT2D eigenvalue weighted by Gasteiger charge is 2.30. The van der Waals surface area contributed by atoms with Crippen LogP contribution in [0.1, 0.15) is 18.7 Å². The lowest BCUT2D eigenvalue weighted by Crippen LogP contribution is -2.41. The first-order valence-electron chi connectivity index (χ1n) is 8.87. The van der Waals surface area contributed by atoms with E-state index in [9.17, 15) is 9.18 Å². The summed E-state index contributed by atoms with van der Waals surface area (Å²) in [5.41, 5.74) is 1.01. The van der Waals surface area contributed by atoms with Gasteiger partial charge in [-0.2, -0.15) is 5.10 Å². The van der Waals surface area contributed by atoms with E-state index in [4.69, 9.17) is 0 Å². The van der Waals surface area contributed by atoms with Gasteiger partial charge in [0.15, 0.2) is 0 Å². The Labute approximate surface area is 146 Å². The smallest absolute Gasteiger partial charge is 0.227 e. The summed E-state index contributed by atoms with van der Waals surface area (Å²) in [7, 11) is 0. The fourth-order valence-corrected chi connectivity index (χ4v) is 3.75. The zero-order chi connectivity index (χ0) is 17.2. The molecule has 1 atom stereocenters. The standard InChI is InChI=1S/C18H22FN5O/c19-15-3-5-16(6-4-15)22-8-1-9-23(11-10-22)18(25)14-2-7-17-20-13-21-24(17)12-14/h3-6,13-14H,1-2,7-12H2. The molecule has 0 radical (unpaired) electrons. The molecule has 1 fully saturated rings. The van der Waals surface area contributed by atoms with E-state index in [1.807, 2.05) is 9.58 Å². The molecule has 2 aliphatic heterocycles. The molecule has 1 saturated heterocycles. The van der Waals surface area contributed by atoms with E-state index in [0.717, 1.165) is 50.4 Å². The van der Waals surface area contributed by atoms with E-state index in [-0.39, 0.29) is 17.6 Å². The second-order valence-corrected chi connectivity index (χ2v) is 6.74. The summed E-state index contributed by atoms with van der Waals surface area (Å²) in [6, 6.07) is 6.59. The van der Waals surface area contributed by atoms with Gasteiger partial charge in [0, 0.05) is 38.3 Å². The Morgan fingerprint density at radius 2 is 1.96 bits per heavy atom. The quantitative estimate of drug-likeness (QED) is 0.833. The Balaban J connectivity index is 1.39. The number of fused-ring (bicyclic) bond motifs is 1. The Kier molecular flexibility index (Phi) is 4.38. The summed E-state index contributed by atoms with van der Waals surface area (Å²) in [4.78, 5) is 21.4. The lowest BCUT2D eigenvalue weighted by molar-refractivity contribution is -0.136. The fraction of sp³-hybridized carbons (Fsp3) is 0.500. The molecule has 2 aliphatic rings. The minimum Gasteiger partial charge on any atom is -0.370 e. The molecule has 25 heavy (non-hydrogen) atoms. The maximum Gasteiger partial charge on any atom is 0.227 e. The van der Waals surface area contributed by atoms with Gasteiger partial charge in [-0.1, -0.05) is 0 Å². The van der Waals surface area contributed by atoms with Gasteiger partial charge in [-0.05, 0) is 37.1 Å². The highest BCUT2D eigenvalue weighted by Crippen LogP contribution is 2.22. The highest BCUT2D eigenvalue weighted by molar-refractivity contribution is 5.79. The summed E-state index contributed by atoms with van der Waals surface area (Å²) >= 11 is 0. The van der Waals surface area contributed by atoms with Crippen molar-refractivity contribution in [3.63, 3.8) is 0 Å². The second kappa shape index (κ2) is 6.82. The van der Waals surface area contributed by atoms with Crippen molar-refractivity contribution in [3.8, 4) is 0 Å². The Morgan fingerprint density at radius 1 is 1.12 bits per heavy atom. The summed E-state index contributed by atoms with van der Waals surface area (Å²) in [5.74, 6) is 0.969. The molecular weight excluding hydrogens is 321 g/mol. The van der Waals surface area contributed by atoms with Gasteiger partial charge in [-0.3, -0.25) is 4.79 Å². The number of amides is 1. The molecule has 6 nitrogen and oxygen atoms in total. The zero-order valence-electron chi connectivity index (χ0n) is 14.1. The van der Waals surface area contributed by atoms with E-state index in [2.05, 4.69) is 15.0 Å². The van der Waals surface area contributed by atoms with Gasteiger partial charge in [0.05, 0.1) is 12.5 Å². The van der Waals surface area contributed by atoms with Crippen molar-refractivity contribution < 1.29 is 9.18 Å². The van der Waals surface area contributed by atoms with Crippen LogP contribution in [-0.2, 0) is 17.8 Å². The van der Waals surface area contributed by atoms with Crippen molar-refractivity contribution >= 4 is 11.6 Å². The van der Waals surface area contributed by atoms with Crippen LogP contribution in [0.4, 0.5) is 10.1 Å². The number of hydrogen-bond donors (Lipinski definition) is 0. The van der Waals surface area contributed by atoms with Crippen LogP contribution in [0.15, 0.2) is 30.6 Å². The van der Waals surface area contributed by atoms with Crippen molar-refractivity contribution in [2.45, 2.75) is 25.8 Å². The lowest BCUT2D eigenvalue weighted by atomic mass is 9.98. The number of benzene rings is 1. The molecule has 7 heteroatoms. The van der Waals surface area contributed by atoms with Gasteiger partial charge in [0.25, 0.3) is 0 Å². The molecular formula is C18H22FN5O. The molecule has 0 aliphatic carbocycles. The third kappa shape index (κ3) is 3.36. The molecule has 0 spiro atoms. The van der Waals surface area contributed by atoms with Gasteiger partial charge in [-0.25, -0.2) is 14.1 Å². The van der Waals surface area contributed by atoms with E-state index in [0.29, 0.717) is 13.1 Å². The van der Waals surface area contributed by atoms with Gasteiger partial charge in [0.2, 0.25) is 5.91 Å². The highest BCUT2D eigenvalue weighted by atomic mass is 19.1. The summed E-state index contributed by atoms with van der Waals surface area (Å²) in [6.45, 7) is 3.77. The van der Waals surface area contributed by atoms with Crippen molar-refractivity contribution in [1.29, 1.82) is 0 Å². The summed E-state index contributed by atoms with van der Waals surface area (Å²) in [6.07, 6.45) is 4.14. The van der Waals surface area contributed by atoms with Crippen molar-refractivity contribution in [1.82, 2.24) is 19.7 Å². The minimum absolute atomic E-state index is 0.00780. The Hall–Kier alpha value is -2.44. The number of aryl methyl sites for hydroxylation is 1. The average molecular weight is 343 g/mol. The van der Waals surface area contributed by atoms with Gasteiger partial charge in [-0.15, -0.1) is 0 Å². The largest absolute Gasteiger partial charge is 0.370 e. The number of anilines is 1. The van der Waals surface area contributed by atoms with E-state index < -0.39 is 0 Å². The molecule has 3 heterocycles. The lowest BCUT2D eigenvalue weighted by Gasteiger charge is -2.29. The van der Waals surface area contributed by atoms with E-state index >= 15 is 0 Å². The van der Waals surface area contributed by atoms with Gasteiger partial charge in [0.1, 0.15) is 18.0 Å².